The van der Waals surface area contributed by atoms with E-state index in [1.165, 1.54) is 15.2 Å². The molecule has 0 unspecified atom stereocenters. The monoisotopic (exact) mass is 184 g/mol. The lowest BCUT2D eigenvalue weighted by molar-refractivity contribution is 0.520. The highest BCUT2D eigenvalue weighted by Crippen LogP contribution is 2.18. The summed E-state index contributed by atoms with van der Waals surface area (Å²) in [5, 5.41) is 0. The fraction of sp³-hybridized carbons (Fsp3) is 1.00. The van der Waals surface area contributed by atoms with Gasteiger partial charge in [-0.25, -0.2) is 4.31 Å². The molecule has 0 aromatic heterocycles. The summed E-state index contributed by atoms with van der Waals surface area (Å²) in [6.45, 7) is 6.22. The summed E-state index contributed by atoms with van der Waals surface area (Å²) >= 11 is 9.42. The van der Waals surface area contributed by atoms with Crippen molar-refractivity contribution in [3.63, 3.8) is 0 Å². The largest absolute Gasteiger partial charge is 0.236 e. The van der Waals surface area contributed by atoms with Crippen molar-refractivity contribution in [3.8, 4) is 0 Å². The number of hydrogen-bond donors (Lipinski definition) is 2. The second-order valence-corrected chi connectivity index (χ2v) is 4.15. The highest BCUT2D eigenvalue weighted by Gasteiger charge is 2.00. The molecule has 0 amide bonds. The molecule has 0 rings (SSSR count). The average Bonchev–Trinajstić information content (AvgIpc) is 1.82. The molecule has 0 bridgehead atoms. The minimum Gasteiger partial charge on any atom is -0.236 e. The molecule has 0 aliphatic carbocycles. The van der Waals surface area contributed by atoms with Crippen LogP contribution in [0.15, 0.2) is 0 Å². The zero-order valence-electron chi connectivity index (χ0n) is 5.61. The van der Waals surface area contributed by atoms with Crippen molar-refractivity contribution in [2.75, 3.05) is 13.1 Å². The highest BCUT2D eigenvalue weighted by molar-refractivity contribution is 8.14. The van der Waals surface area contributed by atoms with Crippen LogP contribution in [0.3, 0.4) is 0 Å². The van der Waals surface area contributed by atoms with Crippen molar-refractivity contribution in [1.29, 1.82) is 0 Å². The van der Waals surface area contributed by atoms with Gasteiger partial charge in [-0.05, 0) is 0 Å². The third-order valence-corrected chi connectivity index (χ3v) is 2.23. The van der Waals surface area contributed by atoms with E-state index >= 15 is 0 Å². The topological polar surface area (TPSA) is 6.48 Å². The molecule has 0 radical (unpaired) electrons. The van der Waals surface area contributed by atoms with Gasteiger partial charge in [0.15, 0.2) is 0 Å². The Morgan fingerprint density at radius 3 is 1.78 bits per heavy atom. The van der Waals surface area contributed by atoms with Crippen LogP contribution in [0.2, 0.25) is 0 Å². The fourth-order valence-electron chi connectivity index (χ4n) is 0.442. The lowest BCUT2D eigenvalue weighted by Crippen LogP contribution is -2.16. The maximum atomic E-state index is 3.96. The van der Waals surface area contributed by atoms with Gasteiger partial charge in [0.2, 0.25) is 0 Å². The molecular formula is C4H12N2S3. The first-order chi connectivity index (χ1) is 4.20. The molecule has 5 heteroatoms. The fourth-order valence-corrected chi connectivity index (χ4v) is 1.50. The van der Waals surface area contributed by atoms with E-state index in [-0.39, 0.29) is 0 Å². The molecule has 2 nitrogen and oxygen atoms in total. The van der Waals surface area contributed by atoms with E-state index in [0.29, 0.717) is 0 Å². The van der Waals surface area contributed by atoms with E-state index in [1.807, 2.05) is 0 Å². The summed E-state index contributed by atoms with van der Waals surface area (Å²) in [5.41, 5.74) is 0. The van der Waals surface area contributed by atoms with Gasteiger partial charge in [0, 0.05) is 25.2 Å². The molecule has 56 valence electrons. The van der Waals surface area contributed by atoms with E-state index in [4.69, 9.17) is 0 Å². The van der Waals surface area contributed by atoms with Crippen molar-refractivity contribution in [2.45, 2.75) is 13.8 Å². The molecule has 0 aromatic carbocycles. The molecule has 0 atom stereocenters. The van der Waals surface area contributed by atoms with Gasteiger partial charge in [-0.2, -0.15) is 0 Å². The Bertz CT molecular complexity index is 64.8. The van der Waals surface area contributed by atoms with Crippen LogP contribution in [0.4, 0.5) is 0 Å². The summed E-state index contributed by atoms with van der Waals surface area (Å²) in [4.78, 5) is 0. The molecule has 0 saturated heterocycles. The molecule has 0 fully saturated rings. The molecule has 0 N–H and O–H groups in total. The Balaban J connectivity index is 3.31. The summed E-state index contributed by atoms with van der Waals surface area (Å²) < 4.78 is 3.63. The van der Waals surface area contributed by atoms with Crippen LogP contribution in [-0.2, 0) is 0 Å². The predicted molar refractivity (Wildman–Crippen MR) is 50.3 cm³/mol. The first kappa shape index (κ1) is 9.97. The lowest BCUT2D eigenvalue weighted by atomic mass is 10.7. The van der Waals surface area contributed by atoms with Gasteiger partial charge in [-0.15, -0.1) is 3.12 Å². The SMILES string of the molecule is CCN(CC)SN(S)S. The molecule has 0 saturated carbocycles. The summed E-state index contributed by atoms with van der Waals surface area (Å²) in [6.07, 6.45) is 0. The Hall–Kier alpha value is 0.970. The van der Waals surface area contributed by atoms with E-state index in [0.717, 1.165) is 13.1 Å². The molecule has 0 heterocycles. The lowest BCUT2D eigenvalue weighted by Gasteiger charge is -2.18. The van der Waals surface area contributed by atoms with Crippen LogP contribution in [0.25, 0.3) is 0 Å². The average molecular weight is 184 g/mol. The molecule has 0 aliphatic rings. The number of nitrogens with zero attached hydrogens (tertiary/aromatic N) is 2. The Labute approximate surface area is 72.3 Å². The first-order valence-corrected chi connectivity index (χ1v) is 4.34. The van der Waals surface area contributed by atoms with Crippen LogP contribution < -0.4 is 0 Å². The quantitative estimate of drug-likeness (QED) is 0.509. The van der Waals surface area contributed by atoms with Crippen LogP contribution in [0, 0.1) is 0 Å². The smallest absolute Gasteiger partial charge is 0.0308 e. The van der Waals surface area contributed by atoms with E-state index in [9.17, 15) is 0 Å². The van der Waals surface area contributed by atoms with Gasteiger partial charge in [0.1, 0.15) is 0 Å². The number of rotatable bonds is 4. The van der Waals surface area contributed by atoms with Crippen LogP contribution >= 0.6 is 37.8 Å². The van der Waals surface area contributed by atoms with Crippen LogP contribution in [0.5, 0.6) is 0 Å². The van der Waals surface area contributed by atoms with Crippen molar-refractivity contribution in [3.05, 3.63) is 0 Å². The number of thiol groups is 2. The summed E-state index contributed by atoms with van der Waals surface area (Å²) in [6, 6.07) is 0. The Morgan fingerprint density at radius 2 is 1.67 bits per heavy atom. The van der Waals surface area contributed by atoms with Gasteiger partial charge in [0.25, 0.3) is 0 Å². The van der Waals surface area contributed by atoms with Gasteiger partial charge >= 0.3 is 0 Å². The Kier molecular flexibility index (Phi) is 6.35. The number of hydrogen-bond acceptors (Lipinski definition) is 5. The van der Waals surface area contributed by atoms with Gasteiger partial charge in [0.05, 0.1) is 0 Å². The summed E-state index contributed by atoms with van der Waals surface area (Å²) in [5.74, 6) is 0. The molecule has 0 spiro atoms. The van der Waals surface area contributed by atoms with Crippen molar-refractivity contribution in [1.82, 2.24) is 7.42 Å². The maximum Gasteiger partial charge on any atom is 0.0308 e. The normalized spacial score (nSPS) is 11.3. The van der Waals surface area contributed by atoms with E-state index in [1.54, 1.807) is 0 Å². The van der Waals surface area contributed by atoms with Gasteiger partial charge in [-0.1, -0.05) is 39.5 Å². The highest BCUT2D eigenvalue weighted by atomic mass is 32.3. The third-order valence-electron chi connectivity index (χ3n) is 0.894. The minimum atomic E-state index is 1.01. The van der Waals surface area contributed by atoms with Gasteiger partial charge in [-0.3, -0.25) is 0 Å². The zero-order valence-corrected chi connectivity index (χ0v) is 8.22. The third kappa shape index (κ3) is 5.42. The van der Waals surface area contributed by atoms with E-state index < -0.39 is 0 Å². The van der Waals surface area contributed by atoms with Crippen LogP contribution in [-0.4, -0.2) is 20.5 Å². The van der Waals surface area contributed by atoms with Gasteiger partial charge < -0.3 is 0 Å². The Morgan fingerprint density at radius 1 is 1.22 bits per heavy atom. The minimum absolute atomic E-state index is 1.01. The molecule has 9 heavy (non-hydrogen) atoms. The van der Waals surface area contributed by atoms with Crippen molar-refractivity contribution in [2.24, 2.45) is 0 Å². The van der Waals surface area contributed by atoms with Crippen molar-refractivity contribution < 1.29 is 0 Å². The molecule has 0 aliphatic heterocycles. The zero-order chi connectivity index (χ0) is 7.28. The predicted octanol–water partition coefficient (Wildman–Crippen LogP) is 1.88. The summed E-state index contributed by atoms with van der Waals surface area (Å²) in [7, 11) is 0. The van der Waals surface area contributed by atoms with E-state index in [2.05, 4.69) is 43.8 Å². The maximum absolute atomic E-state index is 3.96. The first-order valence-electron chi connectivity index (χ1n) is 2.81. The van der Waals surface area contributed by atoms with Crippen molar-refractivity contribution >= 4 is 37.8 Å². The standard InChI is InChI=1S/C4H12N2S3/c1-3-5(4-2)9-6(7)8/h7-8H,3-4H2,1-2H3. The second kappa shape index (κ2) is 5.73. The molecular weight excluding hydrogens is 172 g/mol. The van der Waals surface area contributed by atoms with Crippen LogP contribution in [0.1, 0.15) is 13.8 Å². The second-order valence-electron chi connectivity index (χ2n) is 1.45. The molecule has 0 aromatic rings.